The van der Waals surface area contributed by atoms with Crippen molar-refractivity contribution in [3.63, 3.8) is 0 Å². The number of nitrogens with zero attached hydrogens (tertiary/aromatic N) is 2. The quantitative estimate of drug-likeness (QED) is 0.789. The lowest BCUT2D eigenvalue weighted by atomic mass is 9.92. The predicted molar refractivity (Wildman–Crippen MR) is 79.0 cm³/mol. The van der Waals surface area contributed by atoms with E-state index in [2.05, 4.69) is 20.9 Å². The van der Waals surface area contributed by atoms with Gasteiger partial charge in [0.2, 0.25) is 0 Å². The number of pyridine rings is 1. The molecule has 0 atom stereocenters. The molecule has 0 aliphatic rings. The van der Waals surface area contributed by atoms with Crippen molar-refractivity contribution >= 4 is 21.7 Å². The fourth-order valence-electron chi connectivity index (χ4n) is 2.13. The van der Waals surface area contributed by atoms with Gasteiger partial charge >= 0.3 is 6.18 Å². The largest absolute Gasteiger partial charge is 0.418 e. The molecule has 116 valence electrons. The van der Waals surface area contributed by atoms with Crippen LogP contribution in [0.15, 0.2) is 27.5 Å². The van der Waals surface area contributed by atoms with E-state index in [4.69, 9.17) is 11.0 Å². The monoisotopic (exact) mass is 382 g/mol. The van der Waals surface area contributed by atoms with E-state index in [1.807, 2.05) is 0 Å². The number of aromatic amines is 1. The molecular weight excluding hydrogens is 377 g/mol. The molecular formula is C14H6BrF3N4O. The smallest absolute Gasteiger partial charge is 0.384 e. The van der Waals surface area contributed by atoms with E-state index in [-0.39, 0.29) is 4.47 Å². The first-order valence-corrected chi connectivity index (χ1v) is 6.73. The predicted octanol–water partition coefficient (Wildman–Crippen LogP) is 3.15. The zero-order chi connectivity index (χ0) is 17.4. The van der Waals surface area contributed by atoms with Crippen molar-refractivity contribution < 1.29 is 13.2 Å². The summed E-state index contributed by atoms with van der Waals surface area (Å²) in [7, 11) is 0. The number of nitrogen functional groups attached to an aromatic ring is 1. The van der Waals surface area contributed by atoms with Gasteiger partial charge in [0.05, 0.1) is 5.56 Å². The minimum Gasteiger partial charge on any atom is -0.384 e. The van der Waals surface area contributed by atoms with Crippen LogP contribution in [0, 0.1) is 22.7 Å². The molecule has 2 aromatic rings. The molecule has 1 aromatic carbocycles. The van der Waals surface area contributed by atoms with Crippen molar-refractivity contribution in [2.24, 2.45) is 0 Å². The summed E-state index contributed by atoms with van der Waals surface area (Å²) in [4.78, 5) is 13.9. The summed E-state index contributed by atoms with van der Waals surface area (Å²) in [5, 5.41) is 18.3. The van der Waals surface area contributed by atoms with Crippen molar-refractivity contribution in [1.82, 2.24) is 4.98 Å². The van der Waals surface area contributed by atoms with Crippen LogP contribution < -0.4 is 11.3 Å². The zero-order valence-corrected chi connectivity index (χ0v) is 12.7. The van der Waals surface area contributed by atoms with Gasteiger partial charge < -0.3 is 10.7 Å². The van der Waals surface area contributed by atoms with E-state index in [1.165, 1.54) is 18.2 Å². The Kier molecular flexibility index (Phi) is 4.17. The molecule has 0 saturated heterocycles. The van der Waals surface area contributed by atoms with E-state index < -0.39 is 45.4 Å². The second-order valence-corrected chi connectivity index (χ2v) is 5.23. The summed E-state index contributed by atoms with van der Waals surface area (Å²) in [6.07, 6.45) is -4.77. The highest BCUT2D eigenvalue weighted by molar-refractivity contribution is 9.10. The summed E-state index contributed by atoms with van der Waals surface area (Å²) in [6.45, 7) is 0. The SMILES string of the molecule is N#Cc1c(N)[nH]c(=O)c(C#N)c1-c1cccc(Br)c1C(F)(F)F. The molecule has 0 aliphatic carbocycles. The first-order valence-electron chi connectivity index (χ1n) is 5.94. The third-order valence-corrected chi connectivity index (χ3v) is 3.70. The van der Waals surface area contributed by atoms with Crippen LogP contribution in [-0.4, -0.2) is 4.98 Å². The first kappa shape index (κ1) is 16.6. The van der Waals surface area contributed by atoms with Crippen LogP contribution in [0.1, 0.15) is 16.7 Å². The standard InChI is InChI=1S/C14H6BrF3N4O/c15-9-3-1-2-6(11(9)14(16,17)18)10-7(4-19)12(21)22-13(23)8(10)5-20/h1-3H,(H3,21,22,23). The van der Waals surface area contributed by atoms with Gasteiger partial charge in [-0.05, 0) is 11.6 Å². The summed E-state index contributed by atoms with van der Waals surface area (Å²) >= 11 is 2.81. The first-order chi connectivity index (χ1) is 10.7. The van der Waals surface area contributed by atoms with Gasteiger partial charge in [0, 0.05) is 10.0 Å². The Labute approximate surface area is 135 Å². The van der Waals surface area contributed by atoms with Crippen molar-refractivity contribution in [3.8, 4) is 23.3 Å². The van der Waals surface area contributed by atoms with Gasteiger partial charge in [-0.1, -0.05) is 28.1 Å². The lowest BCUT2D eigenvalue weighted by molar-refractivity contribution is -0.137. The molecule has 0 amide bonds. The third kappa shape index (κ3) is 2.79. The Bertz CT molecular complexity index is 935. The van der Waals surface area contributed by atoms with Crippen LogP contribution in [0.5, 0.6) is 0 Å². The molecule has 9 heteroatoms. The number of rotatable bonds is 1. The average Bonchev–Trinajstić information content (AvgIpc) is 2.45. The number of benzene rings is 1. The number of nitrogens with one attached hydrogen (secondary N) is 1. The second-order valence-electron chi connectivity index (χ2n) is 4.38. The van der Waals surface area contributed by atoms with Crippen LogP contribution in [0.3, 0.4) is 0 Å². The van der Waals surface area contributed by atoms with Crippen LogP contribution in [-0.2, 0) is 6.18 Å². The van der Waals surface area contributed by atoms with E-state index in [0.29, 0.717) is 0 Å². The third-order valence-electron chi connectivity index (χ3n) is 3.03. The number of alkyl halides is 3. The number of hydrogen-bond donors (Lipinski definition) is 2. The van der Waals surface area contributed by atoms with Gasteiger partial charge in [0.1, 0.15) is 29.1 Å². The Hall–Kier alpha value is -2.78. The molecule has 0 bridgehead atoms. The molecule has 0 aliphatic heterocycles. The summed E-state index contributed by atoms with van der Waals surface area (Å²) in [5.74, 6) is -0.403. The van der Waals surface area contributed by atoms with E-state index in [9.17, 15) is 23.2 Å². The van der Waals surface area contributed by atoms with Crippen LogP contribution >= 0.6 is 15.9 Å². The van der Waals surface area contributed by atoms with Crippen molar-refractivity contribution in [2.45, 2.75) is 6.18 Å². The fourth-order valence-corrected chi connectivity index (χ4v) is 2.72. The number of anilines is 1. The highest BCUT2D eigenvalue weighted by Crippen LogP contribution is 2.43. The molecule has 5 nitrogen and oxygen atoms in total. The molecule has 0 radical (unpaired) electrons. The molecule has 2 rings (SSSR count). The highest BCUT2D eigenvalue weighted by Gasteiger charge is 2.37. The Balaban J connectivity index is 3.07. The maximum Gasteiger partial charge on any atom is 0.418 e. The fraction of sp³-hybridized carbons (Fsp3) is 0.0714. The summed E-state index contributed by atoms with van der Waals surface area (Å²) < 4.78 is 39.8. The van der Waals surface area contributed by atoms with Gasteiger partial charge in [-0.2, -0.15) is 23.7 Å². The van der Waals surface area contributed by atoms with E-state index in [0.717, 1.165) is 6.07 Å². The van der Waals surface area contributed by atoms with E-state index in [1.54, 1.807) is 6.07 Å². The van der Waals surface area contributed by atoms with Crippen molar-refractivity contribution in [2.75, 3.05) is 5.73 Å². The Morgan fingerprint density at radius 2 is 1.78 bits per heavy atom. The number of nitrogens with two attached hydrogens (primary N) is 1. The van der Waals surface area contributed by atoms with E-state index >= 15 is 0 Å². The maximum atomic E-state index is 13.4. The highest BCUT2D eigenvalue weighted by atomic mass is 79.9. The normalized spacial score (nSPS) is 10.9. The average molecular weight is 383 g/mol. The van der Waals surface area contributed by atoms with Gasteiger partial charge in [0.25, 0.3) is 5.56 Å². The minimum absolute atomic E-state index is 0.283. The number of hydrogen-bond acceptors (Lipinski definition) is 4. The summed E-state index contributed by atoms with van der Waals surface area (Å²) in [5.41, 5.74) is 1.52. The second kappa shape index (κ2) is 5.78. The number of H-pyrrole nitrogens is 1. The Morgan fingerprint density at radius 1 is 1.17 bits per heavy atom. The molecule has 23 heavy (non-hydrogen) atoms. The Morgan fingerprint density at radius 3 is 2.30 bits per heavy atom. The van der Waals surface area contributed by atoms with Crippen LogP contribution in [0.2, 0.25) is 0 Å². The number of halogens is 4. The molecule has 1 heterocycles. The van der Waals surface area contributed by atoms with Gasteiger partial charge in [-0.15, -0.1) is 0 Å². The minimum atomic E-state index is -4.77. The number of nitriles is 2. The molecule has 0 spiro atoms. The van der Waals surface area contributed by atoms with Crippen molar-refractivity contribution in [1.29, 1.82) is 10.5 Å². The van der Waals surface area contributed by atoms with Gasteiger partial charge in [-0.25, -0.2) is 0 Å². The lowest BCUT2D eigenvalue weighted by Crippen LogP contribution is -2.18. The van der Waals surface area contributed by atoms with Gasteiger partial charge in [-0.3, -0.25) is 4.79 Å². The topological polar surface area (TPSA) is 106 Å². The van der Waals surface area contributed by atoms with Crippen molar-refractivity contribution in [3.05, 3.63) is 49.7 Å². The van der Waals surface area contributed by atoms with Crippen LogP contribution in [0.25, 0.3) is 11.1 Å². The van der Waals surface area contributed by atoms with Gasteiger partial charge in [0.15, 0.2) is 0 Å². The molecule has 0 fully saturated rings. The lowest BCUT2D eigenvalue weighted by Gasteiger charge is -2.17. The zero-order valence-electron chi connectivity index (χ0n) is 11.1. The molecule has 1 aromatic heterocycles. The molecule has 3 N–H and O–H groups in total. The maximum absolute atomic E-state index is 13.4. The molecule has 0 saturated carbocycles. The van der Waals surface area contributed by atoms with Crippen LogP contribution in [0.4, 0.5) is 19.0 Å². The number of aromatic nitrogens is 1. The summed E-state index contributed by atoms with van der Waals surface area (Å²) in [6, 6.07) is 6.70. The molecule has 0 unspecified atom stereocenters.